The molecule has 4 nitrogen and oxygen atoms in total. The van der Waals surface area contributed by atoms with E-state index in [0.29, 0.717) is 12.2 Å². The molecule has 4 heteroatoms. The van der Waals surface area contributed by atoms with E-state index < -0.39 is 0 Å². The standard InChI is InChI=1S/C17H21NO3/c1-2-3-4-7-10-21-17(20)12-18-11-14(13-19)15-8-5-6-9-16(15)18/h5-6,8-9,11,13H,2-4,7,10,12H2,1H3. The molecule has 0 amide bonds. The number of carbonyl (C=O) groups is 2. The van der Waals surface area contributed by atoms with Gasteiger partial charge in [-0.2, -0.15) is 0 Å². The van der Waals surface area contributed by atoms with Gasteiger partial charge >= 0.3 is 5.97 Å². The molecule has 0 atom stereocenters. The molecule has 0 saturated carbocycles. The van der Waals surface area contributed by atoms with Crippen molar-refractivity contribution in [2.75, 3.05) is 6.61 Å². The molecule has 0 aliphatic carbocycles. The molecule has 0 radical (unpaired) electrons. The summed E-state index contributed by atoms with van der Waals surface area (Å²) in [5, 5.41) is 0.864. The number of hydrogen-bond acceptors (Lipinski definition) is 3. The number of para-hydroxylation sites is 1. The lowest BCUT2D eigenvalue weighted by Crippen LogP contribution is -2.13. The summed E-state index contributed by atoms with van der Waals surface area (Å²) in [4.78, 5) is 22.9. The second kappa shape index (κ2) is 7.62. The fraction of sp³-hybridized carbons (Fsp3) is 0.412. The molecule has 0 spiro atoms. The van der Waals surface area contributed by atoms with Crippen LogP contribution < -0.4 is 0 Å². The summed E-state index contributed by atoms with van der Waals surface area (Å²) in [6.07, 6.45) is 6.85. The molecular formula is C17H21NO3. The van der Waals surface area contributed by atoms with Gasteiger partial charge in [0.2, 0.25) is 0 Å². The van der Waals surface area contributed by atoms with Gasteiger partial charge in [0.15, 0.2) is 6.29 Å². The number of nitrogens with zero attached hydrogens (tertiary/aromatic N) is 1. The molecule has 2 aromatic rings. The third-order valence-corrected chi connectivity index (χ3v) is 3.51. The molecule has 0 N–H and O–H groups in total. The molecule has 0 aliphatic heterocycles. The maximum Gasteiger partial charge on any atom is 0.325 e. The Balaban J connectivity index is 1.96. The Hall–Kier alpha value is -2.10. The van der Waals surface area contributed by atoms with Crippen molar-refractivity contribution in [3.8, 4) is 0 Å². The van der Waals surface area contributed by atoms with Crippen molar-refractivity contribution in [2.24, 2.45) is 0 Å². The van der Waals surface area contributed by atoms with Crippen molar-refractivity contribution in [2.45, 2.75) is 39.2 Å². The number of hydrogen-bond donors (Lipinski definition) is 0. The van der Waals surface area contributed by atoms with E-state index in [1.54, 1.807) is 10.8 Å². The Morgan fingerprint density at radius 2 is 2.05 bits per heavy atom. The minimum atomic E-state index is -0.260. The average molecular weight is 287 g/mol. The number of aldehydes is 1. The highest BCUT2D eigenvalue weighted by molar-refractivity contribution is 5.98. The first-order valence-electron chi connectivity index (χ1n) is 7.45. The SMILES string of the molecule is CCCCCCOC(=O)Cn1cc(C=O)c2ccccc21. The van der Waals surface area contributed by atoms with Crippen molar-refractivity contribution in [1.82, 2.24) is 4.57 Å². The van der Waals surface area contributed by atoms with Crippen LogP contribution in [-0.2, 0) is 16.1 Å². The highest BCUT2D eigenvalue weighted by Crippen LogP contribution is 2.19. The molecule has 0 bridgehead atoms. The van der Waals surface area contributed by atoms with Crippen molar-refractivity contribution < 1.29 is 14.3 Å². The highest BCUT2D eigenvalue weighted by atomic mass is 16.5. The fourth-order valence-corrected chi connectivity index (χ4v) is 2.40. The van der Waals surface area contributed by atoms with E-state index in [2.05, 4.69) is 6.92 Å². The first kappa shape index (κ1) is 15.3. The van der Waals surface area contributed by atoms with E-state index in [-0.39, 0.29) is 12.5 Å². The summed E-state index contributed by atoms with van der Waals surface area (Å²) in [5.41, 5.74) is 1.48. The topological polar surface area (TPSA) is 48.3 Å². The number of esters is 1. The molecule has 0 aliphatic rings. The molecule has 21 heavy (non-hydrogen) atoms. The van der Waals surface area contributed by atoms with E-state index in [1.807, 2.05) is 24.3 Å². The van der Waals surface area contributed by atoms with Gasteiger partial charge < -0.3 is 9.30 Å². The van der Waals surface area contributed by atoms with Crippen LogP contribution in [0.1, 0.15) is 43.0 Å². The Kier molecular flexibility index (Phi) is 5.55. The molecule has 112 valence electrons. The fourth-order valence-electron chi connectivity index (χ4n) is 2.40. The zero-order valence-electron chi connectivity index (χ0n) is 12.4. The van der Waals surface area contributed by atoms with Crippen molar-refractivity contribution in [1.29, 1.82) is 0 Å². The zero-order chi connectivity index (χ0) is 15.1. The van der Waals surface area contributed by atoms with Gasteiger partial charge in [-0.05, 0) is 12.5 Å². The third-order valence-electron chi connectivity index (χ3n) is 3.51. The minimum Gasteiger partial charge on any atom is -0.464 e. The van der Waals surface area contributed by atoms with Gasteiger partial charge in [0, 0.05) is 22.7 Å². The van der Waals surface area contributed by atoms with Gasteiger partial charge in [-0.1, -0.05) is 44.4 Å². The summed E-state index contributed by atoms with van der Waals surface area (Å²) in [7, 11) is 0. The number of carbonyl (C=O) groups excluding carboxylic acids is 2. The van der Waals surface area contributed by atoms with Gasteiger partial charge in [-0.25, -0.2) is 0 Å². The average Bonchev–Trinajstić information content (AvgIpc) is 2.85. The van der Waals surface area contributed by atoms with Crippen LogP contribution >= 0.6 is 0 Å². The summed E-state index contributed by atoms with van der Waals surface area (Å²) in [5.74, 6) is -0.260. The number of rotatable bonds is 8. The molecule has 0 saturated heterocycles. The summed E-state index contributed by atoms with van der Waals surface area (Å²) in [6.45, 7) is 2.76. The lowest BCUT2D eigenvalue weighted by molar-refractivity contribution is -0.144. The molecular weight excluding hydrogens is 266 g/mol. The second-order valence-electron chi connectivity index (χ2n) is 5.13. The maximum absolute atomic E-state index is 11.9. The Morgan fingerprint density at radius 1 is 1.24 bits per heavy atom. The van der Waals surface area contributed by atoms with Crippen LogP contribution in [0.2, 0.25) is 0 Å². The van der Waals surface area contributed by atoms with Gasteiger partial charge in [-0.15, -0.1) is 0 Å². The van der Waals surface area contributed by atoms with Crippen LogP contribution in [0.5, 0.6) is 0 Å². The van der Waals surface area contributed by atoms with E-state index in [1.165, 1.54) is 6.42 Å². The Labute approximate surface area is 124 Å². The zero-order valence-corrected chi connectivity index (χ0v) is 12.4. The number of benzene rings is 1. The molecule has 1 aromatic carbocycles. The number of ether oxygens (including phenoxy) is 1. The van der Waals surface area contributed by atoms with E-state index >= 15 is 0 Å². The first-order chi connectivity index (χ1) is 10.3. The smallest absolute Gasteiger partial charge is 0.325 e. The molecule has 1 heterocycles. The summed E-state index contributed by atoms with van der Waals surface area (Å²) < 4.78 is 7.01. The largest absolute Gasteiger partial charge is 0.464 e. The van der Waals surface area contributed by atoms with Gasteiger partial charge in [0.05, 0.1) is 6.61 Å². The van der Waals surface area contributed by atoms with Gasteiger partial charge in [0.25, 0.3) is 0 Å². The van der Waals surface area contributed by atoms with Crippen LogP contribution in [0.4, 0.5) is 0 Å². The Morgan fingerprint density at radius 3 is 2.81 bits per heavy atom. The van der Waals surface area contributed by atoms with Crippen LogP contribution in [0.25, 0.3) is 10.9 Å². The lowest BCUT2D eigenvalue weighted by Gasteiger charge is -2.06. The quantitative estimate of drug-likeness (QED) is 0.423. The highest BCUT2D eigenvalue weighted by Gasteiger charge is 2.10. The number of fused-ring (bicyclic) bond motifs is 1. The Bertz CT molecular complexity index is 616. The van der Waals surface area contributed by atoms with Crippen molar-refractivity contribution in [3.05, 3.63) is 36.0 Å². The van der Waals surface area contributed by atoms with Gasteiger partial charge in [0.1, 0.15) is 6.54 Å². The summed E-state index contributed by atoms with van der Waals surface area (Å²) >= 11 is 0. The molecule has 0 unspecified atom stereocenters. The lowest BCUT2D eigenvalue weighted by atomic mass is 10.2. The van der Waals surface area contributed by atoms with Crippen LogP contribution in [0, 0.1) is 0 Å². The van der Waals surface area contributed by atoms with Gasteiger partial charge in [-0.3, -0.25) is 9.59 Å². The van der Waals surface area contributed by atoms with E-state index in [9.17, 15) is 9.59 Å². The maximum atomic E-state index is 11.9. The van der Waals surface area contributed by atoms with Crippen LogP contribution in [0.15, 0.2) is 30.5 Å². The predicted molar refractivity (Wildman–Crippen MR) is 82.4 cm³/mol. The molecule has 0 fully saturated rings. The minimum absolute atomic E-state index is 0.141. The summed E-state index contributed by atoms with van der Waals surface area (Å²) in [6, 6.07) is 7.55. The third kappa shape index (κ3) is 3.94. The van der Waals surface area contributed by atoms with E-state index in [0.717, 1.165) is 36.5 Å². The first-order valence-corrected chi connectivity index (χ1v) is 7.45. The number of unbranched alkanes of at least 4 members (excludes halogenated alkanes) is 3. The predicted octanol–water partition coefficient (Wildman–Crippen LogP) is 3.58. The van der Waals surface area contributed by atoms with Crippen molar-refractivity contribution >= 4 is 23.2 Å². The normalized spacial score (nSPS) is 10.7. The van der Waals surface area contributed by atoms with Crippen molar-refractivity contribution in [3.63, 3.8) is 0 Å². The van der Waals surface area contributed by atoms with Crippen LogP contribution in [-0.4, -0.2) is 23.4 Å². The van der Waals surface area contributed by atoms with E-state index in [4.69, 9.17) is 4.74 Å². The van der Waals surface area contributed by atoms with Crippen LogP contribution in [0.3, 0.4) is 0 Å². The second-order valence-corrected chi connectivity index (χ2v) is 5.13. The monoisotopic (exact) mass is 287 g/mol. The number of aromatic nitrogens is 1. The molecule has 1 aromatic heterocycles. The molecule has 2 rings (SSSR count).